The zero-order valence-corrected chi connectivity index (χ0v) is 12.2. The number of morpholine rings is 1. The smallest absolute Gasteiger partial charge is 0.0635 e. The summed E-state index contributed by atoms with van der Waals surface area (Å²) >= 11 is 0. The molecule has 106 valence electrons. The number of nitrogens with zero attached hydrogens (tertiary/aromatic N) is 1. The highest BCUT2D eigenvalue weighted by molar-refractivity contribution is 5.22. The molecule has 1 aromatic rings. The van der Waals surface area contributed by atoms with Crippen molar-refractivity contribution in [2.24, 2.45) is 0 Å². The fourth-order valence-electron chi connectivity index (χ4n) is 2.51. The first-order valence-corrected chi connectivity index (χ1v) is 7.43. The Morgan fingerprint density at radius 1 is 1.21 bits per heavy atom. The van der Waals surface area contributed by atoms with Gasteiger partial charge in [0.1, 0.15) is 0 Å². The van der Waals surface area contributed by atoms with E-state index in [0.29, 0.717) is 6.04 Å². The van der Waals surface area contributed by atoms with Crippen LogP contribution in [0.1, 0.15) is 25.0 Å². The van der Waals surface area contributed by atoms with Crippen molar-refractivity contribution in [3.05, 3.63) is 35.4 Å². The number of hydrogen-bond donors (Lipinski definition) is 1. The molecule has 0 amide bonds. The minimum Gasteiger partial charge on any atom is -0.378 e. The van der Waals surface area contributed by atoms with E-state index in [1.807, 2.05) is 0 Å². The average Bonchev–Trinajstić information content (AvgIpc) is 2.47. The molecular formula is C16H26N2O. The van der Waals surface area contributed by atoms with Crippen molar-refractivity contribution in [1.29, 1.82) is 0 Å². The Bertz CT molecular complexity index is 364. The Morgan fingerprint density at radius 2 is 1.95 bits per heavy atom. The third-order valence-electron chi connectivity index (χ3n) is 3.80. The number of ether oxygens (including phenoxy) is 1. The fraction of sp³-hybridized carbons (Fsp3) is 0.625. The van der Waals surface area contributed by atoms with Gasteiger partial charge in [0.25, 0.3) is 0 Å². The summed E-state index contributed by atoms with van der Waals surface area (Å²) in [6.07, 6.45) is 1.11. The molecule has 0 aliphatic carbocycles. The van der Waals surface area contributed by atoms with Crippen LogP contribution in [-0.2, 0) is 17.7 Å². The van der Waals surface area contributed by atoms with E-state index < -0.39 is 0 Å². The van der Waals surface area contributed by atoms with E-state index in [9.17, 15) is 0 Å². The lowest BCUT2D eigenvalue weighted by molar-refractivity contribution is -0.0107. The van der Waals surface area contributed by atoms with Crippen LogP contribution in [0.2, 0.25) is 0 Å². The van der Waals surface area contributed by atoms with Gasteiger partial charge in [-0.05, 0) is 24.1 Å². The predicted molar refractivity (Wildman–Crippen MR) is 79.4 cm³/mol. The average molecular weight is 262 g/mol. The molecule has 1 aliphatic heterocycles. The number of nitrogens with one attached hydrogen (secondary N) is 1. The first kappa shape index (κ1) is 14.5. The van der Waals surface area contributed by atoms with Crippen molar-refractivity contribution >= 4 is 0 Å². The second kappa shape index (κ2) is 7.63. The van der Waals surface area contributed by atoms with Crippen LogP contribution in [0.5, 0.6) is 0 Å². The maximum Gasteiger partial charge on any atom is 0.0635 e. The first-order chi connectivity index (χ1) is 9.33. The second-order valence-corrected chi connectivity index (χ2v) is 5.18. The maximum absolute atomic E-state index is 5.60. The minimum atomic E-state index is 0.500. The molecule has 1 unspecified atom stereocenters. The van der Waals surface area contributed by atoms with Gasteiger partial charge in [-0.1, -0.05) is 38.1 Å². The molecule has 1 aliphatic rings. The van der Waals surface area contributed by atoms with Gasteiger partial charge in [-0.3, -0.25) is 4.90 Å². The molecule has 1 saturated heterocycles. The van der Waals surface area contributed by atoms with Crippen molar-refractivity contribution in [3.8, 4) is 0 Å². The zero-order valence-electron chi connectivity index (χ0n) is 12.2. The number of benzene rings is 1. The van der Waals surface area contributed by atoms with Crippen LogP contribution in [0.25, 0.3) is 0 Å². The molecule has 0 aromatic heterocycles. The van der Waals surface area contributed by atoms with E-state index in [4.69, 9.17) is 4.74 Å². The maximum atomic E-state index is 5.60. The van der Waals surface area contributed by atoms with Crippen LogP contribution in [0, 0.1) is 0 Å². The summed E-state index contributed by atoms with van der Waals surface area (Å²) in [7, 11) is 0. The molecule has 1 N–H and O–H groups in total. The molecule has 0 spiro atoms. The van der Waals surface area contributed by atoms with Gasteiger partial charge < -0.3 is 10.1 Å². The van der Waals surface area contributed by atoms with Gasteiger partial charge in [-0.25, -0.2) is 0 Å². The quantitative estimate of drug-likeness (QED) is 0.849. The van der Waals surface area contributed by atoms with E-state index >= 15 is 0 Å². The van der Waals surface area contributed by atoms with Gasteiger partial charge in [0.05, 0.1) is 13.2 Å². The standard InChI is InChI=1S/C16H26N2O/c1-3-14-5-7-15(8-6-14)12-18-9-10-19-13-16(18)11-17-4-2/h5-8,16-17H,3-4,9-13H2,1-2H3. The van der Waals surface area contributed by atoms with Crippen molar-refractivity contribution in [2.45, 2.75) is 32.9 Å². The summed E-state index contributed by atoms with van der Waals surface area (Å²) in [5.74, 6) is 0. The van der Waals surface area contributed by atoms with Gasteiger partial charge in [0, 0.05) is 25.7 Å². The number of rotatable bonds is 6. The summed E-state index contributed by atoms with van der Waals surface area (Å²) in [5.41, 5.74) is 2.82. The number of aryl methyl sites for hydroxylation is 1. The lowest BCUT2D eigenvalue weighted by Gasteiger charge is -2.35. The number of hydrogen-bond acceptors (Lipinski definition) is 3. The van der Waals surface area contributed by atoms with Crippen LogP contribution in [-0.4, -0.2) is 43.8 Å². The highest BCUT2D eigenvalue weighted by Crippen LogP contribution is 2.13. The highest BCUT2D eigenvalue weighted by atomic mass is 16.5. The molecule has 1 heterocycles. The Balaban J connectivity index is 1.93. The Kier molecular flexibility index (Phi) is 5.83. The Morgan fingerprint density at radius 3 is 2.63 bits per heavy atom. The Labute approximate surface area is 116 Å². The van der Waals surface area contributed by atoms with E-state index in [1.165, 1.54) is 11.1 Å². The summed E-state index contributed by atoms with van der Waals surface area (Å²) in [5, 5.41) is 3.43. The van der Waals surface area contributed by atoms with Gasteiger partial charge in [0.15, 0.2) is 0 Å². The molecule has 0 bridgehead atoms. The van der Waals surface area contributed by atoms with E-state index in [-0.39, 0.29) is 0 Å². The van der Waals surface area contributed by atoms with E-state index in [1.54, 1.807) is 0 Å². The van der Waals surface area contributed by atoms with Crippen molar-refractivity contribution < 1.29 is 4.74 Å². The molecule has 0 saturated carbocycles. The van der Waals surface area contributed by atoms with Gasteiger partial charge in [-0.15, -0.1) is 0 Å². The molecule has 3 heteroatoms. The monoisotopic (exact) mass is 262 g/mol. The van der Waals surface area contributed by atoms with Crippen LogP contribution in [0.15, 0.2) is 24.3 Å². The van der Waals surface area contributed by atoms with Crippen LogP contribution in [0.4, 0.5) is 0 Å². The summed E-state index contributed by atoms with van der Waals surface area (Å²) in [6, 6.07) is 9.51. The van der Waals surface area contributed by atoms with Gasteiger partial charge in [-0.2, -0.15) is 0 Å². The van der Waals surface area contributed by atoms with E-state index in [2.05, 4.69) is 48.3 Å². The lowest BCUT2D eigenvalue weighted by atomic mass is 10.1. The van der Waals surface area contributed by atoms with Crippen LogP contribution >= 0.6 is 0 Å². The molecular weight excluding hydrogens is 236 g/mol. The van der Waals surface area contributed by atoms with Gasteiger partial charge in [0.2, 0.25) is 0 Å². The van der Waals surface area contributed by atoms with Crippen LogP contribution < -0.4 is 5.32 Å². The second-order valence-electron chi connectivity index (χ2n) is 5.18. The molecule has 1 aromatic carbocycles. The molecule has 0 radical (unpaired) electrons. The largest absolute Gasteiger partial charge is 0.378 e. The topological polar surface area (TPSA) is 24.5 Å². The molecule has 19 heavy (non-hydrogen) atoms. The molecule has 2 rings (SSSR count). The third kappa shape index (κ3) is 4.30. The van der Waals surface area contributed by atoms with Crippen molar-refractivity contribution in [1.82, 2.24) is 10.2 Å². The number of likely N-dealkylation sites (N-methyl/N-ethyl adjacent to an activating group) is 1. The van der Waals surface area contributed by atoms with Gasteiger partial charge >= 0.3 is 0 Å². The third-order valence-corrected chi connectivity index (χ3v) is 3.80. The SMILES string of the molecule is CCNCC1COCCN1Cc1ccc(CC)cc1. The lowest BCUT2D eigenvalue weighted by Crippen LogP contribution is -2.49. The first-order valence-electron chi connectivity index (χ1n) is 7.43. The van der Waals surface area contributed by atoms with E-state index in [0.717, 1.165) is 45.8 Å². The van der Waals surface area contributed by atoms with Crippen molar-refractivity contribution in [2.75, 3.05) is 32.8 Å². The molecule has 3 nitrogen and oxygen atoms in total. The summed E-state index contributed by atoms with van der Waals surface area (Å²) in [6.45, 7) is 10.2. The minimum absolute atomic E-state index is 0.500. The fourth-order valence-corrected chi connectivity index (χ4v) is 2.51. The summed E-state index contributed by atoms with van der Waals surface area (Å²) in [4.78, 5) is 2.53. The van der Waals surface area contributed by atoms with Crippen LogP contribution in [0.3, 0.4) is 0 Å². The molecule has 1 atom stereocenters. The van der Waals surface area contributed by atoms with Crippen molar-refractivity contribution in [3.63, 3.8) is 0 Å². The Hall–Kier alpha value is -0.900. The predicted octanol–water partition coefficient (Wildman–Crippen LogP) is 2.06. The zero-order chi connectivity index (χ0) is 13.5. The molecule has 1 fully saturated rings. The highest BCUT2D eigenvalue weighted by Gasteiger charge is 2.22. The normalized spacial score (nSPS) is 20.6. The summed E-state index contributed by atoms with van der Waals surface area (Å²) < 4.78 is 5.60.